The normalized spacial score (nSPS) is 10.8. The van der Waals surface area contributed by atoms with Crippen molar-refractivity contribution < 1.29 is 14.7 Å². The number of hydrogen-bond acceptors (Lipinski definition) is 3. The maximum absolute atomic E-state index is 10.7. The second-order valence-electron chi connectivity index (χ2n) is 4.26. The molecule has 1 N–H and O–H groups in total. The SMILES string of the molecule is Cc1c(I)cc(/C=N/Oc2ccc(C(=O)O)cc2)cc1I. The monoisotopic (exact) mass is 507 g/mol. The van der Waals surface area contributed by atoms with Crippen molar-refractivity contribution in [3.8, 4) is 5.75 Å². The van der Waals surface area contributed by atoms with E-state index in [0.717, 1.165) is 5.56 Å². The van der Waals surface area contributed by atoms with Gasteiger partial charge in [0, 0.05) is 7.14 Å². The molecule has 0 fully saturated rings. The Morgan fingerprint density at radius 1 is 1.19 bits per heavy atom. The van der Waals surface area contributed by atoms with Gasteiger partial charge in [0.25, 0.3) is 0 Å². The molecule has 0 amide bonds. The number of hydrogen-bond donors (Lipinski definition) is 1. The fourth-order valence-electron chi connectivity index (χ4n) is 1.55. The van der Waals surface area contributed by atoms with Crippen molar-refractivity contribution in [1.29, 1.82) is 0 Å². The summed E-state index contributed by atoms with van der Waals surface area (Å²) in [6.07, 6.45) is 1.63. The van der Waals surface area contributed by atoms with Crippen LogP contribution in [0.5, 0.6) is 5.75 Å². The highest BCUT2D eigenvalue weighted by Gasteiger charge is 2.03. The highest BCUT2D eigenvalue weighted by atomic mass is 127. The number of rotatable bonds is 4. The van der Waals surface area contributed by atoms with E-state index in [4.69, 9.17) is 9.94 Å². The summed E-state index contributed by atoms with van der Waals surface area (Å²) in [7, 11) is 0. The van der Waals surface area contributed by atoms with Gasteiger partial charge in [-0.15, -0.1) is 0 Å². The molecule has 0 aliphatic carbocycles. The van der Waals surface area contributed by atoms with Gasteiger partial charge in [0.15, 0.2) is 5.75 Å². The van der Waals surface area contributed by atoms with Crippen molar-refractivity contribution in [2.45, 2.75) is 6.92 Å². The van der Waals surface area contributed by atoms with Crippen molar-refractivity contribution in [2.24, 2.45) is 5.16 Å². The number of oxime groups is 1. The second kappa shape index (κ2) is 7.21. The van der Waals surface area contributed by atoms with Gasteiger partial charge >= 0.3 is 5.97 Å². The lowest BCUT2D eigenvalue weighted by Crippen LogP contribution is -1.95. The summed E-state index contributed by atoms with van der Waals surface area (Å²) in [6.45, 7) is 2.07. The molecule has 0 saturated heterocycles. The van der Waals surface area contributed by atoms with Crippen LogP contribution in [0.15, 0.2) is 41.6 Å². The zero-order chi connectivity index (χ0) is 15.4. The molecule has 0 aromatic heterocycles. The minimum absolute atomic E-state index is 0.217. The van der Waals surface area contributed by atoms with Gasteiger partial charge in [-0.3, -0.25) is 0 Å². The van der Waals surface area contributed by atoms with E-state index in [1.165, 1.54) is 24.8 Å². The number of aromatic carboxylic acids is 1. The van der Waals surface area contributed by atoms with E-state index in [9.17, 15) is 4.79 Å². The largest absolute Gasteiger partial charge is 0.478 e. The molecule has 4 nitrogen and oxygen atoms in total. The first-order chi connectivity index (χ1) is 9.97. The highest BCUT2D eigenvalue weighted by Crippen LogP contribution is 2.20. The number of benzene rings is 2. The molecule has 0 heterocycles. The van der Waals surface area contributed by atoms with E-state index in [0.29, 0.717) is 5.75 Å². The van der Waals surface area contributed by atoms with Crippen molar-refractivity contribution in [2.75, 3.05) is 0 Å². The molecule has 21 heavy (non-hydrogen) atoms. The van der Waals surface area contributed by atoms with Crippen LogP contribution in [0.4, 0.5) is 0 Å². The van der Waals surface area contributed by atoms with Gasteiger partial charge in [-0.05, 0) is 99.6 Å². The number of carbonyl (C=O) groups is 1. The number of carboxylic acid groups (broad SMARTS) is 1. The van der Waals surface area contributed by atoms with Crippen LogP contribution >= 0.6 is 45.2 Å². The van der Waals surface area contributed by atoms with Crippen LogP contribution in [0, 0.1) is 14.1 Å². The van der Waals surface area contributed by atoms with E-state index in [1.54, 1.807) is 18.3 Å². The molecular formula is C15H11I2NO3. The average molecular weight is 507 g/mol. The molecule has 0 radical (unpaired) electrons. The van der Waals surface area contributed by atoms with E-state index in [-0.39, 0.29) is 5.56 Å². The fraction of sp³-hybridized carbons (Fsp3) is 0.0667. The topological polar surface area (TPSA) is 58.9 Å². The van der Waals surface area contributed by atoms with Gasteiger partial charge in [0.05, 0.1) is 11.8 Å². The zero-order valence-electron chi connectivity index (χ0n) is 11.0. The number of nitrogens with zero attached hydrogens (tertiary/aromatic N) is 1. The first kappa shape index (κ1) is 16.2. The minimum Gasteiger partial charge on any atom is -0.478 e. The Hall–Kier alpha value is -1.16. The van der Waals surface area contributed by atoms with Gasteiger partial charge in [0.1, 0.15) is 0 Å². The predicted octanol–water partition coefficient (Wildman–Crippen LogP) is 4.32. The Kier molecular flexibility index (Phi) is 5.57. The molecule has 0 aliphatic heterocycles. The molecule has 0 saturated carbocycles. The lowest BCUT2D eigenvalue weighted by Gasteiger charge is -2.03. The minimum atomic E-state index is -0.964. The van der Waals surface area contributed by atoms with Crippen LogP contribution < -0.4 is 4.84 Å². The van der Waals surface area contributed by atoms with Gasteiger partial charge in [0.2, 0.25) is 0 Å². The van der Waals surface area contributed by atoms with Crippen LogP contribution in [-0.2, 0) is 0 Å². The molecule has 2 rings (SSSR count). The lowest BCUT2D eigenvalue weighted by molar-refractivity contribution is 0.0697. The molecular weight excluding hydrogens is 496 g/mol. The number of halogens is 2. The molecule has 6 heteroatoms. The average Bonchev–Trinajstić information content (AvgIpc) is 2.45. The van der Waals surface area contributed by atoms with E-state index in [1.807, 2.05) is 12.1 Å². The van der Waals surface area contributed by atoms with Gasteiger partial charge in [-0.1, -0.05) is 5.16 Å². The highest BCUT2D eigenvalue weighted by molar-refractivity contribution is 14.1. The smallest absolute Gasteiger partial charge is 0.335 e. The first-order valence-corrected chi connectivity index (χ1v) is 8.12. The third-order valence-electron chi connectivity index (χ3n) is 2.76. The molecule has 108 valence electrons. The summed E-state index contributed by atoms with van der Waals surface area (Å²) in [4.78, 5) is 16.0. The van der Waals surface area contributed by atoms with Gasteiger partial charge in [-0.2, -0.15) is 0 Å². The Morgan fingerprint density at radius 2 is 1.76 bits per heavy atom. The zero-order valence-corrected chi connectivity index (χ0v) is 15.3. The lowest BCUT2D eigenvalue weighted by atomic mass is 10.2. The maximum atomic E-state index is 10.7. The summed E-state index contributed by atoms with van der Waals surface area (Å²) in [6, 6.07) is 10.2. The van der Waals surface area contributed by atoms with E-state index < -0.39 is 5.97 Å². The van der Waals surface area contributed by atoms with Gasteiger partial charge in [-0.25, -0.2) is 4.79 Å². The quantitative estimate of drug-likeness (QED) is 0.382. The van der Waals surface area contributed by atoms with Gasteiger partial charge < -0.3 is 9.94 Å². The Bertz CT molecular complexity index is 674. The summed E-state index contributed by atoms with van der Waals surface area (Å²) in [5.41, 5.74) is 2.42. The van der Waals surface area contributed by atoms with Crippen molar-refractivity contribution in [3.63, 3.8) is 0 Å². The third-order valence-corrected chi connectivity index (χ3v) is 5.01. The van der Waals surface area contributed by atoms with E-state index >= 15 is 0 Å². The molecule has 0 atom stereocenters. The molecule has 0 bridgehead atoms. The summed E-state index contributed by atoms with van der Waals surface area (Å²) < 4.78 is 2.35. The Labute approximate surface area is 149 Å². The third kappa shape index (κ3) is 4.40. The molecule has 2 aromatic carbocycles. The van der Waals surface area contributed by atoms with Crippen molar-refractivity contribution in [1.82, 2.24) is 0 Å². The van der Waals surface area contributed by atoms with Crippen molar-refractivity contribution in [3.05, 3.63) is 60.2 Å². The summed E-state index contributed by atoms with van der Waals surface area (Å²) in [5.74, 6) is -0.471. The van der Waals surface area contributed by atoms with Crippen LogP contribution in [0.25, 0.3) is 0 Å². The predicted molar refractivity (Wildman–Crippen MR) is 98.2 cm³/mol. The molecule has 2 aromatic rings. The molecule has 0 unspecified atom stereocenters. The first-order valence-electron chi connectivity index (χ1n) is 5.97. The molecule has 0 aliphatic rings. The van der Waals surface area contributed by atoms with Crippen LogP contribution in [0.2, 0.25) is 0 Å². The Balaban J connectivity index is 2.07. The van der Waals surface area contributed by atoms with Crippen LogP contribution in [0.3, 0.4) is 0 Å². The summed E-state index contributed by atoms with van der Waals surface area (Å²) >= 11 is 4.57. The van der Waals surface area contributed by atoms with Crippen LogP contribution in [-0.4, -0.2) is 17.3 Å². The standard InChI is InChI=1S/C15H11I2NO3/c1-9-13(16)6-10(7-14(9)17)8-18-21-12-4-2-11(3-5-12)15(19)20/h2-8H,1H3,(H,19,20)/b18-8+. The fourth-order valence-corrected chi connectivity index (χ4v) is 3.36. The summed E-state index contributed by atoms with van der Waals surface area (Å²) in [5, 5.41) is 12.7. The van der Waals surface area contributed by atoms with Crippen LogP contribution in [0.1, 0.15) is 21.5 Å². The van der Waals surface area contributed by atoms with Crippen molar-refractivity contribution >= 4 is 57.4 Å². The van der Waals surface area contributed by atoms with E-state index in [2.05, 4.69) is 57.3 Å². The maximum Gasteiger partial charge on any atom is 0.335 e. The second-order valence-corrected chi connectivity index (χ2v) is 6.59. The molecule has 0 spiro atoms. The Morgan fingerprint density at radius 3 is 2.29 bits per heavy atom. The number of carboxylic acids is 1.